The van der Waals surface area contributed by atoms with Crippen LogP contribution in [0.25, 0.3) is 0 Å². The van der Waals surface area contributed by atoms with Crippen LogP contribution in [0.15, 0.2) is 55.0 Å². The minimum absolute atomic E-state index is 0.0852. The van der Waals surface area contributed by atoms with E-state index in [1.807, 2.05) is 18.5 Å². The van der Waals surface area contributed by atoms with Crippen molar-refractivity contribution in [1.29, 1.82) is 0 Å². The van der Waals surface area contributed by atoms with E-state index in [-0.39, 0.29) is 18.2 Å². The number of hydrogen-bond acceptors (Lipinski definition) is 3. The van der Waals surface area contributed by atoms with Gasteiger partial charge in [-0.3, -0.25) is 4.79 Å². The first-order valence-corrected chi connectivity index (χ1v) is 7.16. The van der Waals surface area contributed by atoms with Crippen molar-refractivity contribution in [3.05, 3.63) is 66.1 Å². The maximum absolute atomic E-state index is 11.7. The van der Waals surface area contributed by atoms with E-state index in [0.29, 0.717) is 0 Å². The van der Waals surface area contributed by atoms with E-state index in [4.69, 9.17) is 0 Å². The lowest BCUT2D eigenvalue weighted by atomic mass is 10.1. The molecule has 2 atom stereocenters. The summed E-state index contributed by atoms with van der Waals surface area (Å²) in [5.41, 5.74) is 2.74. The highest BCUT2D eigenvalue weighted by molar-refractivity contribution is 5.88. The summed E-state index contributed by atoms with van der Waals surface area (Å²) < 4.78 is 1.78. The Bertz CT molecular complexity index is 692. The van der Waals surface area contributed by atoms with E-state index in [9.17, 15) is 4.79 Å². The van der Waals surface area contributed by atoms with Crippen LogP contribution in [0.3, 0.4) is 0 Å². The highest BCUT2D eigenvalue weighted by Crippen LogP contribution is 2.38. The molecule has 0 saturated carbocycles. The molecule has 2 heterocycles. The summed E-state index contributed by atoms with van der Waals surface area (Å²) in [6.07, 6.45) is 8.93. The van der Waals surface area contributed by atoms with E-state index in [1.54, 1.807) is 17.0 Å². The van der Waals surface area contributed by atoms with E-state index in [1.165, 1.54) is 11.1 Å². The van der Waals surface area contributed by atoms with Crippen molar-refractivity contribution in [2.24, 2.45) is 0 Å². The van der Waals surface area contributed by atoms with Crippen LogP contribution in [0.4, 0.5) is 0 Å². The predicted octanol–water partition coefficient (Wildman–Crippen LogP) is 1.97. The Kier molecular flexibility index (Phi) is 2.77. The number of carbonyl (C=O) groups excluding carboxylic acids is 1. The molecule has 1 amide bonds. The minimum Gasteiger partial charge on any atom is -0.332 e. The van der Waals surface area contributed by atoms with Crippen molar-refractivity contribution in [2.45, 2.75) is 25.2 Å². The fraction of sp³-hybridized carbons (Fsp3) is 0.250. The van der Waals surface area contributed by atoms with Crippen LogP contribution in [0.2, 0.25) is 0 Å². The number of aryl methyl sites for hydroxylation is 1. The second-order valence-electron chi connectivity index (χ2n) is 5.38. The van der Waals surface area contributed by atoms with Crippen LogP contribution in [-0.4, -0.2) is 20.6 Å². The largest absolute Gasteiger partial charge is 0.332 e. The summed E-state index contributed by atoms with van der Waals surface area (Å²) in [5.74, 6) is -0.0852. The molecule has 1 aromatic heterocycles. The molecule has 0 fully saturated rings. The third kappa shape index (κ3) is 2.01. The highest BCUT2D eigenvalue weighted by atomic mass is 16.2. The number of nitrogens with one attached hydrogen (secondary N) is 1. The quantitative estimate of drug-likeness (QED) is 0.915. The maximum Gasteiger partial charge on any atom is 0.248 e. The molecule has 0 spiro atoms. The summed E-state index contributed by atoms with van der Waals surface area (Å²) in [6, 6.07) is 10.7. The van der Waals surface area contributed by atoms with Gasteiger partial charge in [-0.1, -0.05) is 24.3 Å². The Hall–Kier alpha value is -2.56. The minimum atomic E-state index is -0.270. The highest BCUT2D eigenvalue weighted by Gasteiger charge is 2.33. The van der Waals surface area contributed by atoms with Crippen LogP contribution in [-0.2, 0) is 11.2 Å². The van der Waals surface area contributed by atoms with Gasteiger partial charge in [0.25, 0.3) is 0 Å². The lowest BCUT2D eigenvalue weighted by Gasteiger charge is -2.38. The standard InChI is InChI=1S/C16H16N4O/c21-15-8-11-19(16(18-15)20-10-3-9-17-20)14-7-6-12-4-1-2-5-13(12)14/h1-5,8-11,14,16H,6-7H2,(H,18,21). The molecule has 1 N–H and O–H groups in total. The van der Waals surface area contributed by atoms with Gasteiger partial charge >= 0.3 is 0 Å². The average molecular weight is 280 g/mol. The van der Waals surface area contributed by atoms with Gasteiger partial charge in [-0.05, 0) is 30.0 Å². The lowest BCUT2D eigenvalue weighted by molar-refractivity contribution is -0.121. The van der Waals surface area contributed by atoms with Crippen LogP contribution in [0.1, 0.15) is 29.9 Å². The molecule has 1 aliphatic heterocycles. The third-order valence-corrected chi connectivity index (χ3v) is 4.19. The topological polar surface area (TPSA) is 50.2 Å². The molecule has 2 aliphatic rings. The second-order valence-corrected chi connectivity index (χ2v) is 5.38. The van der Waals surface area contributed by atoms with Gasteiger partial charge in [0.05, 0.1) is 6.04 Å². The monoisotopic (exact) mass is 280 g/mol. The van der Waals surface area contributed by atoms with Gasteiger partial charge in [0.15, 0.2) is 0 Å². The predicted molar refractivity (Wildman–Crippen MR) is 77.9 cm³/mol. The normalized spacial score (nSPS) is 24.0. The summed E-state index contributed by atoms with van der Waals surface area (Å²) in [7, 11) is 0. The van der Waals surface area contributed by atoms with Gasteiger partial charge in [-0.15, -0.1) is 0 Å². The Morgan fingerprint density at radius 3 is 3.00 bits per heavy atom. The molecule has 0 radical (unpaired) electrons. The van der Waals surface area contributed by atoms with Gasteiger partial charge in [-0.2, -0.15) is 5.10 Å². The van der Waals surface area contributed by atoms with Crippen molar-refractivity contribution >= 4 is 5.91 Å². The number of aromatic nitrogens is 2. The van der Waals surface area contributed by atoms with Gasteiger partial charge in [0.1, 0.15) is 0 Å². The molecule has 0 saturated heterocycles. The van der Waals surface area contributed by atoms with Gasteiger partial charge in [-0.25, -0.2) is 4.68 Å². The van der Waals surface area contributed by atoms with Crippen molar-refractivity contribution in [2.75, 3.05) is 0 Å². The molecule has 5 nitrogen and oxygen atoms in total. The zero-order valence-corrected chi connectivity index (χ0v) is 11.5. The summed E-state index contributed by atoms with van der Waals surface area (Å²) >= 11 is 0. The molecule has 2 unspecified atom stereocenters. The zero-order valence-electron chi connectivity index (χ0n) is 11.5. The summed E-state index contributed by atoms with van der Waals surface area (Å²) in [5, 5.41) is 7.26. The van der Waals surface area contributed by atoms with Gasteiger partial charge in [0, 0.05) is 24.7 Å². The fourth-order valence-corrected chi connectivity index (χ4v) is 3.23. The van der Waals surface area contributed by atoms with Crippen molar-refractivity contribution in [1.82, 2.24) is 20.0 Å². The van der Waals surface area contributed by atoms with E-state index in [2.05, 4.69) is 39.6 Å². The van der Waals surface area contributed by atoms with Crippen molar-refractivity contribution in [3.63, 3.8) is 0 Å². The number of amides is 1. The molecule has 106 valence electrons. The van der Waals surface area contributed by atoms with Gasteiger partial charge in [0.2, 0.25) is 12.2 Å². The molecule has 1 aromatic carbocycles. The lowest BCUT2D eigenvalue weighted by Crippen LogP contribution is -2.46. The number of carbonyl (C=O) groups is 1. The van der Waals surface area contributed by atoms with Crippen LogP contribution in [0.5, 0.6) is 0 Å². The van der Waals surface area contributed by atoms with Crippen molar-refractivity contribution < 1.29 is 4.79 Å². The number of fused-ring (bicyclic) bond motifs is 1. The average Bonchev–Trinajstić information content (AvgIpc) is 3.17. The summed E-state index contributed by atoms with van der Waals surface area (Å²) in [4.78, 5) is 13.9. The van der Waals surface area contributed by atoms with Crippen LogP contribution in [0, 0.1) is 0 Å². The first-order chi connectivity index (χ1) is 10.3. The Morgan fingerprint density at radius 2 is 2.14 bits per heavy atom. The SMILES string of the molecule is O=C1C=CN(C2CCc3ccccc32)C(n2cccn2)N1. The van der Waals surface area contributed by atoms with Crippen LogP contribution >= 0.6 is 0 Å². The molecular formula is C16H16N4O. The van der Waals surface area contributed by atoms with E-state index < -0.39 is 0 Å². The van der Waals surface area contributed by atoms with Gasteiger partial charge < -0.3 is 10.2 Å². The smallest absolute Gasteiger partial charge is 0.248 e. The molecule has 4 rings (SSSR count). The molecule has 0 bridgehead atoms. The Morgan fingerprint density at radius 1 is 1.24 bits per heavy atom. The second kappa shape index (κ2) is 4.77. The van der Waals surface area contributed by atoms with Crippen molar-refractivity contribution in [3.8, 4) is 0 Å². The molecular weight excluding hydrogens is 264 g/mol. The maximum atomic E-state index is 11.7. The third-order valence-electron chi connectivity index (χ3n) is 4.19. The zero-order chi connectivity index (χ0) is 14.2. The molecule has 21 heavy (non-hydrogen) atoms. The first-order valence-electron chi connectivity index (χ1n) is 7.16. The number of hydrogen-bond donors (Lipinski definition) is 1. The van der Waals surface area contributed by atoms with Crippen LogP contribution < -0.4 is 5.32 Å². The molecule has 5 heteroatoms. The number of benzene rings is 1. The summed E-state index contributed by atoms with van der Waals surface area (Å²) in [6.45, 7) is 0. The van der Waals surface area contributed by atoms with E-state index >= 15 is 0 Å². The van der Waals surface area contributed by atoms with E-state index in [0.717, 1.165) is 12.8 Å². The molecule has 2 aromatic rings. The fourth-order valence-electron chi connectivity index (χ4n) is 3.23. The Labute approximate surface area is 122 Å². The Balaban J connectivity index is 1.73. The first kappa shape index (κ1) is 12.2. The number of rotatable bonds is 2. The molecule has 1 aliphatic carbocycles. The number of nitrogens with zero attached hydrogens (tertiary/aromatic N) is 3.